The van der Waals surface area contributed by atoms with E-state index in [1.165, 1.54) is 0 Å². The zero-order valence-corrected chi connectivity index (χ0v) is 9.71. The van der Waals surface area contributed by atoms with Gasteiger partial charge in [-0.2, -0.15) is 0 Å². The van der Waals surface area contributed by atoms with E-state index in [1.807, 2.05) is 6.92 Å². The van der Waals surface area contributed by atoms with Gasteiger partial charge in [0.15, 0.2) is 0 Å². The summed E-state index contributed by atoms with van der Waals surface area (Å²) in [4.78, 5) is 0. The van der Waals surface area contributed by atoms with Crippen molar-refractivity contribution in [1.82, 2.24) is 0 Å². The number of methoxy groups -OCH3 is 1. The van der Waals surface area contributed by atoms with Gasteiger partial charge in [-0.1, -0.05) is 11.6 Å². The molecule has 0 fully saturated rings. The minimum atomic E-state index is -0.628. The molecule has 0 aromatic heterocycles. The fourth-order valence-corrected chi connectivity index (χ4v) is 1.80. The van der Waals surface area contributed by atoms with Crippen molar-refractivity contribution in [1.29, 1.82) is 0 Å². The second-order valence-electron chi connectivity index (χ2n) is 3.44. The summed E-state index contributed by atoms with van der Waals surface area (Å²) in [5.74, 6) is 0.727. The summed E-state index contributed by atoms with van der Waals surface area (Å²) in [7, 11) is 1.59. The fourth-order valence-electron chi connectivity index (χ4n) is 1.46. The molecule has 4 heteroatoms. The van der Waals surface area contributed by atoms with Gasteiger partial charge in [0.05, 0.1) is 13.2 Å². The molecule has 84 valence electrons. The summed E-state index contributed by atoms with van der Waals surface area (Å²) in [6, 6.07) is 3.55. The first-order valence-corrected chi connectivity index (χ1v) is 5.20. The van der Waals surface area contributed by atoms with Crippen LogP contribution in [-0.2, 0) is 0 Å². The molecule has 1 rings (SSSR count). The normalized spacial score (nSPS) is 12.6. The smallest absolute Gasteiger partial charge is 0.122 e. The Morgan fingerprint density at radius 3 is 2.73 bits per heavy atom. The minimum Gasteiger partial charge on any atom is -0.496 e. The topological polar surface area (TPSA) is 55.5 Å². The summed E-state index contributed by atoms with van der Waals surface area (Å²) in [6.45, 7) is 2.33. The number of aliphatic hydroxyl groups is 1. The average molecular weight is 230 g/mol. The van der Waals surface area contributed by atoms with E-state index < -0.39 is 6.10 Å². The van der Waals surface area contributed by atoms with Gasteiger partial charge in [0.2, 0.25) is 0 Å². The van der Waals surface area contributed by atoms with Crippen LogP contribution in [0.25, 0.3) is 0 Å². The number of aryl methyl sites for hydroxylation is 1. The largest absolute Gasteiger partial charge is 0.496 e. The van der Waals surface area contributed by atoms with E-state index in [4.69, 9.17) is 22.1 Å². The molecule has 0 amide bonds. The van der Waals surface area contributed by atoms with Crippen molar-refractivity contribution in [3.8, 4) is 5.75 Å². The lowest BCUT2D eigenvalue weighted by Gasteiger charge is -2.14. The van der Waals surface area contributed by atoms with Crippen LogP contribution in [0.15, 0.2) is 12.1 Å². The van der Waals surface area contributed by atoms with Crippen LogP contribution in [0.4, 0.5) is 0 Å². The Morgan fingerprint density at radius 1 is 1.53 bits per heavy atom. The summed E-state index contributed by atoms with van der Waals surface area (Å²) >= 11 is 6.03. The number of rotatable bonds is 4. The van der Waals surface area contributed by atoms with Gasteiger partial charge in [-0.15, -0.1) is 0 Å². The van der Waals surface area contributed by atoms with E-state index in [0.717, 1.165) is 11.3 Å². The molecule has 1 aromatic carbocycles. The highest BCUT2D eigenvalue weighted by Gasteiger charge is 2.13. The summed E-state index contributed by atoms with van der Waals surface area (Å²) in [5.41, 5.74) is 7.00. The molecular formula is C11H16ClNO2. The van der Waals surface area contributed by atoms with Crippen LogP contribution in [0, 0.1) is 6.92 Å². The Balaban J connectivity index is 3.06. The van der Waals surface area contributed by atoms with Crippen LogP contribution in [0.2, 0.25) is 5.02 Å². The molecule has 3 N–H and O–H groups in total. The second-order valence-corrected chi connectivity index (χ2v) is 3.84. The first-order valence-electron chi connectivity index (χ1n) is 4.82. The first-order chi connectivity index (χ1) is 7.10. The van der Waals surface area contributed by atoms with Crippen molar-refractivity contribution in [3.05, 3.63) is 28.3 Å². The Labute approximate surface area is 94.8 Å². The Morgan fingerprint density at radius 2 is 2.20 bits per heavy atom. The molecule has 0 aliphatic rings. The first kappa shape index (κ1) is 12.3. The Bertz CT molecular complexity index is 342. The highest BCUT2D eigenvalue weighted by molar-refractivity contribution is 6.31. The van der Waals surface area contributed by atoms with Crippen LogP contribution in [0.5, 0.6) is 5.75 Å². The molecule has 0 aliphatic heterocycles. The van der Waals surface area contributed by atoms with Crippen LogP contribution >= 0.6 is 11.6 Å². The maximum absolute atomic E-state index is 9.79. The molecule has 1 unspecified atom stereocenters. The third-order valence-electron chi connectivity index (χ3n) is 2.31. The lowest BCUT2D eigenvalue weighted by molar-refractivity contribution is 0.170. The molecule has 0 saturated carbocycles. The van der Waals surface area contributed by atoms with Crippen molar-refractivity contribution >= 4 is 11.6 Å². The van der Waals surface area contributed by atoms with Gasteiger partial charge in [0, 0.05) is 10.6 Å². The van der Waals surface area contributed by atoms with Crippen molar-refractivity contribution in [2.24, 2.45) is 5.73 Å². The predicted molar refractivity (Wildman–Crippen MR) is 61.4 cm³/mol. The minimum absolute atomic E-state index is 0.424. The molecule has 0 radical (unpaired) electrons. The molecule has 1 aromatic rings. The average Bonchev–Trinajstić information content (AvgIpc) is 2.18. The van der Waals surface area contributed by atoms with Crippen LogP contribution in [-0.4, -0.2) is 18.8 Å². The van der Waals surface area contributed by atoms with E-state index in [-0.39, 0.29) is 0 Å². The maximum atomic E-state index is 9.79. The molecule has 0 spiro atoms. The van der Waals surface area contributed by atoms with Crippen molar-refractivity contribution in [2.45, 2.75) is 19.4 Å². The maximum Gasteiger partial charge on any atom is 0.122 e. The standard InChI is InChI=1S/C11H16ClNO2/c1-7-5-9(12)8(6-11(7)15-2)10(14)3-4-13/h5-6,10,14H,3-4,13H2,1-2H3. The monoisotopic (exact) mass is 229 g/mol. The van der Waals surface area contributed by atoms with Gasteiger partial charge in [-0.25, -0.2) is 0 Å². The number of hydrogen-bond donors (Lipinski definition) is 2. The number of aliphatic hydroxyl groups excluding tert-OH is 1. The van der Waals surface area contributed by atoms with Crippen LogP contribution in [0.1, 0.15) is 23.7 Å². The van der Waals surface area contributed by atoms with Gasteiger partial charge in [0.25, 0.3) is 0 Å². The molecule has 0 saturated heterocycles. The van der Waals surface area contributed by atoms with Crippen molar-refractivity contribution in [3.63, 3.8) is 0 Å². The summed E-state index contributed by atoms with van der Waals surface area (Å²) < 4.78 is 5.17. The van der Waals surface area contributed by atoms with Crippen molar-refractivity contribution in [2.75, 3.05) is 13.7 Å². The van der Waals surface area contributed by atoms with Crippen LogP contribution < -0.4 is 10.5 Å². The van der Waals surface area contributed by atoms with E-state index in [0.29, 0.717) is 23.6 Å². The highest BCUT2D eigenvalue weighted by Crippen LogP contribution is 2.31. The van der Waals surface area contributed by atoms with Crippen LogP contribution in [0.3, 0.4) is 0 Å². The molecule has 0 heterocycles. The predicted octanol–water partition coefficient (Wildman–Crippen LogP) is 2.04. The number of nitrogens with two attached hydrogens (primary N) is 1. The second kappa shape index (κ2) is 5.35. The fraction of sp³-hybridized carbons (Fsp3) is 0.455. The lowest BCUT2D eigenvalue weighted by atomic mass is 10.0. The van der Waals surface area contributed by atoms with Gasteiger partial charge >= 0.3 is 0 Å². The number of hydrogen-bond acceptors (Lipinski definition) is 3. The van der Waals surface area contributed by atoms with E-state index in [1.54, 1.807) is 19.2 Å². The highest BCUT2D eigenvalue weighted by atomic mass is 35.5. The summed E-state index contributed by atoms with van der Waals surface area (Å²) in [6.07, 6.45) is -0.136. The quantitative estimate of drug-likeness (QED) is 0.831. The molecule has 1 atom stereocenters. The number of ether oxygens (including phenoxy) is 1. The van der Waals surface area contributed by atoms with Gasteiger partial charge in [0.1, 0.15) is 5.75 Å². The molecule has 0 bridgehead atoms. The molecule has 0 aliphatic carbocycles. The van der Waals surface area contributed by atoms with Gasteiger partial charge in [-0.05, 0) is 37.6 Å². The third-order valence-corrected chi connectivity index (χ3v) is 2.64. The third kappa shape index (κ3) is 2.84. The summed E-state index contributed by atoms with van der Waals surface area (Å²) in [5, 5.41) is 10.3. The Hall–Kier alpha value is -0.770. The van der Waals surface area contributed by atoms with Gasteiger partial charge in [-0.3, -0.25) is 0 Å². The van der Waals surface area contributed by atoms with Crippen molar-refractivity contribution < 1.29 is 9.84 Å². The molecular weight excluding hydrogens is 214 g/mol. The molecule has 3 nitrogen and oxygen atoms in total. The number of halogens is 1. The van der Waals surface area contributed by atoms with E-state index in [9.17, 15) is 5.11 Å². The van der Waals surface area contributed by atoms with Gasteiger partial charge < -0.3 is 15.6 Å². The zero-order valence-electron chi connectivity index (χ0n) is 8.96. The Kier molecular flexibility index (Phi) is 4.39. The molecule has 15 heavy (non-hydrogen) atoms. The number of benzene rings is 1. The lowest BCUT2D eigenvalue weighted by Crippen LogP contribution is -2.07. The van der Waals surface area contributed by atoms with E-state index in [2.05, 4.69) is 0 Å². The zero-order chi connectivity index (χ0) is 11.4. The SMILES string of the molecule is COc1cc(C(O)CCN)c(Cl)cc1C. The van der Waals surface area contributed by atoms with E-state index >= 15 is 0 Å².